The van der Waals surface area contributed by atoms with Crippen LogP contribution in [0.3, 0.4) is 0 Å². The third-order valence-electron chi connectivity index (χ3n) is 5.49. The lowest BCUT2D eigenvalue weighted by Gasteiger charge is -2.14. The number of benzene rings is 3. The van der Waals surface area contributed by atoms with E-state index in [1.54, 1.807) is 11.8 Å². The van der Waals surface area contributed by atoms with Crippen molar-refractivity contribution in [2.45, 2.75) is 43.4 Å². The number of carbonyl (C=O) groups excluding carboxylic acids is 1. The van der Waals surface area contributed by atoms with Crippen molar-refractivity contribution in [3.8, 4) is 11.5 Å². The summed E-state index contributed by atoms with van der Waals surface area (Å²) in [5.41, 5.74) is 3.72. The number of carbonyl (C=O) groups is 1. The van der Waals surface area contributed by atoms with E-state index in [2.05, 4.69) is 34.6 Å². The molecule has 33 heavy (non-hydrogen) atoms. The van der Waals surface area contributed by atoms with Crippen molar-refractivity contribution in [2.75, 3.05) is 0 Å². The summed E-state index contributed by atoms with van der Waals surface area (Å²) < 4.78 is 5.90. The van der Waals surface area contributed by atoms with E-state index in [4.69, 9.17) is 4.42 Å². The van der Waals surface area contributed by atoms with Gasteiger partial charge in [0.15, 0.2) is 0 Å². The number of aryl methyl sites for hydroxylation is 2. The summed E-state index contributed by atoms with van der Waals surface area (Å²) in [6.07, 6.45) is 1.84. The van der Waals surface area contributed by atoms with Crippen molar-refractivity contribution in [1.82, 2.24) is 10.3 Å². The van der Waals surface area contributed by atoms with Crippen LogP contribution in [0.2, 0.25) is 0 Å². The van der Waals surface area contributed by atoms with Crippen molar-refractivity contribution < 1.29 is 9.21 Å². The zero-order valence-corrected chi connectivity index (χ0v) is 19.8. The maximum absolute atomic E-state index is 12.6. The molecule has 1 aromatic heterocycles. The summed E-state index contributed by atoms with van der Waals surface area (Å²) in [7, 11) is 0. The third-order valence-corrected chi connectivity index (χ3v) is 6.52. The Bertz CT molecular complexity index is 1170. The molecule has 1 N–H and O–H groups in total. The van der Waals surface area contributed by atoms with Crippen LogP contribution >= 0.6 is 11.8 Å². The molecular weight excluding hydrogens is 428 g/mol. The Morgan fingerprint density at radius 1 is 0.970 bits per heavy atom. The van der Waals surface area contributed by atoms with E-state index < -0.39 is 0 Å². The van der Waals surface area contributed by atoms with Crippen molar-refractivity contribution in [3.63, 3.8) is 0 Å². The molecule has 0 radical (unpaired) electrons. The lowest BCUT2D eigenvalue weighted by Crippen LogP contribution is -2.32. The van der Waals surface area contributed by atoms with Crippen LogP contribution in [0.1, 0.15) is 40.7 Å². The zero-order chi connectivity index (χ0) is 23.0. The molecule has 0 aliphatic rings. The monoisotopic (exact) mass is 456 g/mol. The van der Waals surface area contributed by atoms with E-state index in [0.717, 1.165) is 35.6 Å². The quantitative estimate of drug-likeness (QED) is 0.285. The van der Waals surface area contributed by atoms with Crippen LogP contribution in [0.25, 0.3) is 11.5 Å². The normalized spacial score (nSPS) is 11.8. The second-order valence-electron chi connectivity index (χ2n) is 8.10. The standard InChI is InChI=1S/C28H28N2O2S/c1-20(13-14-22-9-5-3-6-10-22)29-27(31)23-15-17-24(18-16-23)28-30-26(21(2)32-28)19-33-25-11-7-4-8-12-25/h3-12,15-18,20H,13-14,19H2,1-2H3,(H,29,31). The van der Waals surface area contributed by atoms with Crippen LogP contribution in [-0.4, -0.2) is 16.9 Å². The summed E-state index contributed by atoms with van der Waals surface area (Å²) in [5, 5.41) is 3.09. The van der Waals surface area contributed by atoms with E-state index in [1.807, 2.05) is 74.5 Å². The van der Waals surface area contributed by atoms with E-state index in [-0.39, 0.29) is 11.9 Å². The highest BCUT2D eigenvalue weighted by atomic mass is 32.2. The lowest BCUT2D eigenvalue weighted by molar-refractivity contribution is 0.0938. The predicted molar refractivity (Wildman–Crippen MR) is 134 cm³/mol. The van der Waals surface area contributed by atoms with E-state index in [0.29, 0.717) is 11.5 Å². The molecule has 0 bridgehead atoms. The molecule has 168 valence electrons. The van der Waals surface area contributed by atoms with Gasteiger partial charge in [0.2, 0.25) is 5.89 Å². The lowest BCUT2D eigenvalue weighted by atomic mass is 10.1. The molecule has 1 atom stereocenters. The maximum atomic E-state index is 12.6. The van der Waals surface area contributed by atoms with E-state index in [1.165, 1.54) is 10.5 Å². The predicted octanol–water partition coefficient (Wildman–Crippen LogP) is 6.69. The van der Waals surface area contributed by atoms with Crippen LogP contribution in [0.5, 0.6) is 0 Å². The molecule has 1 heterocycles. The van der Waals surface area contributed by atoms with Crippen LogP contribution in [-0.2, 0) is 12.2 Å². The highest BCUT2D eigenvalue weighted by molar-refractivity contribution is 7.98. The van der Waals surface area contributed by atoms with E-state index in [9.17, 15) is 4.79 Å². The minimum atomic E-state index is -0.0642. The summed E-state index contributed by atoms with van der Waals surface area (Å²) in [5.74, 6) is 2.09. The van der Waals surface area contributed by atoms with Crippen molar-refractivity contribution in [1.29, 1.82) is 0 Å². The Morgan fingerprint density at radius 3 is 2.33 bits per heavy atom. The molecule has 4 aromatic rings. The van der Waals surface area contributed by atoms with Gasteiger partial charge in [-0.1, -0.05) is 48.5 Å². The Hall–Kier alpha value is -3.31. The second kappa shape index (κ2) is 11.0. The van der Waals surface area contributed by atoms with Crippen molar-refractivity contribution in [2.24, 2.45) is 0 Å². The van der Waals surface area contributed by atoms with Gasteiger partial charge in [-0.2, -0.15) is 0 Å². The number of rotatable bonds is 9. The Kier molecular flexibility index (Phi) is 7.63. The van der Waals surface area contributed by atoms with Crippen LogP contribution in [0.4, 0.5) is 0 Å². The number of aromatic nitrogens is 1. The van der Waals surface area contributed by atoms with Gasteiger partial charge in [0.1, 0.15) is 5.76 Å². The molecule has 0 aliphatic carbocycles. The van der Waals surface area contributed by atoms with Gasteiger partial charge in [-0.3, -0.25) is 4.79 Å². The number of nitrogens with one attached hydrogen (secondary N) is 1. The summed E-state index contributed by atoms with van der Waals surface area (Å²) in [6.45, 7) is 3.98. The molecule has 4 nitrogen and oxygen atoms in total. The second-order valence-corrected chi connectivity index (χ2v) is 9.15. The van der Waals surface area contributed by atoms with Crippen LogP contribution < -0.4 is 5.32 Å². The van der Waals surface area contributed by atoms with Gasteiger partial charge in [-0.15, -0.1) is 11.8 Å². The molecule has 0 aliphatic heterocycles. The number of thioether (sulfide) groups is 1. The zero-order valence-electron chi connectivity index (χ0n) is 19.0. The number of hydrogen-bond donors (Lipinski definition) is 1. The number of amides is 1. The molecule has 3 aromatic carbocycles. The SMILES string of the molecule is Cc1oc(-c2ccc(C(=O)NC(C)CCc3ccccc3)cc2)nc1CSc1ccccc1. The summed E-state index contributed by atoms with van der Waals surface area (Å²) >= 11 is 1.74. The highest BCUT2D eigenvalue weighted by Crippen LogP contribution is 2.27. The smallest absolute Gasteiger partial charge is 0.251 e. The van der Waals surface area contributed by atoms with Crippen molar-refractivity contribution in [3.05, 3.63) is 108 Å². The fourth-order valence-corrected chi connectivity index (χ4v) is 4.45. The minimum absolute atomic E-state index is 0.0642. The van der Waals surface area contributed by atoms with Gasteiger partial charge in [0.25, 0.3) is 5.91 Å². The number of oxazole rings is 1. The molecule has 0 fully saturated rings. The Morgan fingerprint density at radius 2 is 1.64 bits per heavy atom. The molecule has 4 rings (SSSR count). The largest absolute Gasteiger partial charge is 0.441 e. The third kappa shape index (κ3) is 6.36. The average Bonchev–Trinajstić information content (AvgIpc) is 3.23. The van der Waals surface area contributed by atoms with Gasteiger partial charge in [-0.05, 0) is 68.7 Å². The topological polar surface area (TPSA) is 55.1 Å². The van der Waals surface area contributed by atoms with Gasteiger partial charge >= 0.3 is 0 Å². The first-order valence-electron chi connectivity index (χ1n) is 11.2. The molecule has 0 saturated carbocycles. The van der Waals surface area contributed by atoms with Crippen LogP contribution in [0.15, 0.2) is 94.2 Å². The molecule has 1 amide bonds. The molecular formula is C28H28N2O2S. The first-order valence-corrected chi connectivity index (χ1v) is 12.2. The maximum Gasteiger partial charge on any atom is 0.251 e. The van der Waals surface area contributed by atoms with Crippen LogP contribution in [0, 0.1) is 6.92 Å². The Balaban J connectivity index is 1.33. The van der Waals surface area contributed by atoms with Gasteiger partial charge < -0.3 is 9.73 Å². The molecule has 5 heteroatoms. The average molecular weight is 457 g/mol. The van der Waals surface area contributed by atoms with Gasteiger partial charge in [-0.25, -0.2) is 4.98 Å². The number of nitrogens with zero attached hydrogens (tertiary/aromatic N) is 1. The fourth-order valence-electron chi connectivity index (χ4n) is 3.53. The first kappa shape index (κ1) is 22.9. The molecule has 1 unspecified atom stereocenters. The van der Waals surface area contributed by atoms with Crippen molar-refractivity contribution >= 4 is 17.7 Å². The van der Waals surface area contributed by atoms with Gasteiger partial charge in [0.05, 0.1) is 5.69 Å². The minimum Gasteiger partial charge on any atom is -0.441 e. The first-order chi connectivity index (χ1) is 16.1. The van der Waals surface area contributed by atoms with Gasteiger partial charge in [0, 0.05) is 27.8 Å². The highest BCUT2D eigenvalue weighted by Gasteiger charge is 2.14. The molecule has 0 spiro atoms. The molecule has 0 saturated heterocycles. The Labute approximate surface area is 199 Å². The number of hydrogen-bond acceptors (Lipinski definition) is 4. The summed E-state index contributed by atoms with van der Waals surface area (Å²) in [6, 6.07) is 28.1. The summed E-state index contributed by atoms with van der Waals surface area (Å²) in [4.78, 5) is 18.5. The van der Waals surface area contributed by atoms with E-state index >= 15 is 0 Å². The fraction of sp³-hybridized carbons (Fsp3) is 0.214.